The van der Waals surface area contributed by atoms with E-state index in [1.54, 1.807) is 41.1 Å². The number of amides is 1. The molecule has 1 amide bonds. The molecule has 0 atom stereocenters. The topological polar surface area (TPSA) is 51.0 Å². The van der Waals surface area contributed by atoms with Crippen LogP contribution in [0.3, 0.4) is 0 Å². The van der Waals surface area contributed by atoms with E-state index in [9.17, 15) is 4.79 Å². The van der Waals surface area contributed by atoms with Crippen LogP contribution in [0.5, 0.6) is 0 Å². The molecule has 2 heterocycles. The summed E-state index contributed by atoms with van der Waals surface area (Å²) in [4.78, 5) is 19.1. The molecule has 0 saturated heterocycles. The molecule has 0 saturated carbocycles. The highest BCUT2D eigenvalue weighted by Gasteiger charge is 2.20. The molecule has 136 valence electrons. The number of benzene rings is 2. The van der Waals surface area contributed by atoms with Crippen LogP contribution in [0.2, 0.25) is 5.02 Å². The average molecular weight is 397 g/mol. The third-order valence-corrected chi connectivity index (χ3v) is 5.60. The molecule has 2 aromatic heterocycles. The summed E-state index contributed by atoms with van der Waals surface area (Å²) in [5.41, 5.74) is 3.94. The summed E-state index contributed by atoms with van der Waals surface area (Å²) in [6, 6.07) is 15.1. The van der Waals surface area contributed by atoms with Crippen molar-refractivity contribution in [2.24, 2.45) is 7.05 Å². The lowest BCUT2D eigenvalue weighted by Crippen LogP contribution is -2.28. The van der Waals surface area contributed by atoms with Crippen molar-refractivity contribution < 1.29 is 4.79 Å². The SMILES string of the molecule is Cc1nc2ccc(N(C)C(=O)c3cc(-c4ccc(Cl)cc4)nn3C)cc2s1. The zero-order valence-corrected chi connectivity index (χ0v) is 16.7. The highest BCUT2D eigenvalue weighted by molar-refractivity contribution is 7.18. The van der Waals surface area contributed by atoms with Crippen LogP contribution in [0.25, 0.3) is 21.5 Å². The fourth-order valence-corrected chi connectivity index (χ4v) is 3.94. The van der Waals surface area contributed by atoms with E-state index in [1.165, 1.54) is 0 Å². The molecule has 0 unspecified atom stereocenters. The average Bonchev–Trinajstić information content (AvgIpc) is 3.22. The van der Waals surface area contributed by atoms with E-state index in [2.05, 4.69) is 10.1 Å². The molecule has 0 radical (unpaired) electrons. The van der Waals surface area contributed by atoms with Crippen molar-refractivity contribution in [1.82, 2.24) is 14.8 Å². The van der Waals surface area contributed by atoms with Crippen LogP contribution in [0, 0.1) is 6.92 Å². The Morgan fingerprint density at radius 3 is 2.63 bits per heavy atom. The summed E-state index contributed by atoms with van der Waals surface area (Å²) in [6.45, 7) is 1.98. The lowest BCUT2D eigenvalue weighted by atomic mass is 10.1. The molecule has 0 spiro atoms. The van der Waals surface area contributed by atoms with E-state index < -0.39 is 0 Å². The van der Waals surface area contributed by atoms with Gasteiger partial charge in [-0.15, -0.1) is 11.3 Å². The molecule has 2 aromatic carbocycles. The molecule has 0 fully saturated rings. The first-order valence-corrected chi connectivity index (χ1v) is 9.57. The maximum Gasteiger partial charge on any atom is 0.276 e. The van der Waals surface area contributed by atoms with E-state index in [0.717, 1.165) is 32.2 Å². The number of thiazole rings is 1. The monoisotopic (exact) mass is 396 g/mol. The minimum Gasteiger partial charge on any atom is -0.310 e. The summed E-state index contributed by atoms with van der Waals surface area (Å²) >= 11 is 7.57. The van der Waals surface area contributed by atoms with Crippen LogP contribution in [-0.2, 0) is 7.05 Å². The van der Waals surface area contributed by atoms with Crippen molar-refractivity contribution in [1.29, 1.82) is 0 Å². The lowest BCUT2D eigenvalue weighted by Gasteiger charge is -2.17. The van der Waals surface area contributed by atoms with Crippen molar-refractivity contribution in [3.8, 4) is 11.3 Å². The zero-order valence-electron chi connectivity index (χ0n) is 15.1. The second-order valence-corrected chi connectivity index (χ2v) is 7.97. The molecule has 4 aromatic rings. The number of nitrogens with zero attached hydrogens (tertiary/aromatic N) is 4. The number of aryl methyl sites for hydroxylation is 2. The number of halogens is 1. The normalized spacial score (nSPS) is 11.1. The van der Waals surface area contributed by atoms with Crippen molar-refractivity contribution in [3.63, 3.8) is 0 Å². The third kappa shape index (κ3) is 3.34. The largest absolute Gasteiger partial charge is 0.310 e. The summed E-state index contributed by atoms with van der Waals surface area (Å²) in [5, 5.41) is 6.15. The summed E-state index contributed by atoms with van der Waals surface area (Å²) in [6.07, 6.45) is 0. The number of hydrogen-bond donors (Lipinski definition) is 0. The van der Waals surface area contributed by atoms with Crippen LogP contribution in [0.1, 0.15) is 15.5 Å². The van der Waals surface area contributed by atoms with E-state index in [4.69, 9.17) is 11.6 Å². The quantitative estimate of drug-likeness (QED) is 0.493. The first-order chi connectivity index (χ1) is 12.9. The maximum absolute atomic E-state index is 13.0. The summed E-state index contributed by atoms with van der Waals surface area (Å²) < 4.78 is 2.68. The predicted molar refractivity (Wildman–Crippen MR) is 111 cm³/mol. The first kappa shape index (κ1) is 17.7. The van der Waals surface area contributed by atoms with Gasteiger partial charge in [0.25, 0.3) is 5.91 Å². The Bertz CT molecular complexity index is 1150. The Labute approximate surface area is 165 Å². The number of carbonyl (C=O) groups is 1. The Kier molecular flexibility index (Phi) is 4.45. The maximum atomic E-state index is 13.0. The Morgan fingerprint density at radius 1 is 1.15 bits per heavy atom. The van der Waals surface area contributed by atoms with Crippen molar-refractivity contribution in [2.45, 2.75) is 6.92 Å². The van der Waals surface area contributed by atoms with Gasteiger partial charge in [-0.1, -0.05) is 23.7 Å². The summed E-state index contributed by atoms with van der Waals surface area (Å²) in [7, 11) is 3.54. The van der Waals surface area contributed by atoms with Gasteiger partial charge >= 0.3 is 0 Å². The second kappa shape index (κ2) is 6.79. The molecular weight excluding hydrogens is 380 g/mol. The Morgan fingerprint density at radius 2 is 1.89 bits per heavy atom. The molecule has 0 aliphatic heterocycles. The molecule has 0 bridgehead atoms. The van der Waals surface area contributed by atoms with Crippen LogP contribution >= 0.6 is 22.9 Å². The second-order valence-electron chi connectivity index (χ2n) is 6.29. The first-order valence-electron chi connectivity index (χ1n) is 8.37. The van der Waals surface area contributed by atoms with Gasteiger partial charge in [-0.25, -0.2) is 4.98 Å². The van der Waals surface area contributed by atoms with Crippen LogP contribution in [-0.4, -0.2) is 27.7 Å². The molecule has 7 heteroatoms. The van der Waals surface area contributed by atoms with E-state index >= 15 is 0 Å². The Balaban J connectivity index is 1.65. The number of rotatable bonds is 3. The predicted octanol–water partition coefficient (Wildman–Crippen LogP) is 4.94. The van der Waals surface area contributed by atoms with Crippen LogP contribution < -0.4 is 4.90 Å². The van der Waals surface area contributed by atoms with Gasteiger partial charge in [0.15, 0.2) is 0 Å². The standard InChI is InChI=1S/C20H17ClN4OS/c1-12-22-16-9-8-15(10-19(16)27-12)24(2)20(26)18-11-17(23-25(18)3)13-4-6-14(21)7-5-13/h4-11H,1-3H3. The number of carbonyl (C=O) groups excluding carboxylic acids is 1. The van der Waals surface area contributed by atoms with Gasteiger partial charge in [-0.05, 0) is 43.3 Å². The number of anilines is 1. The minimum atomic E-state index is -0.120. The molecule has 4 rings (SSSR count). The van der Waals surface area contributed by atoms with Crippen molar-refractivity contribution >= 4 is 44.7 Å². The fourth-order valence-electron chi connectivity index (χ4n) is 2.96. The molecule has 0 N–H and O–H groups in total. The smallest absolute Gasteiger partial charge is 0.276 e. The molecule has 5 nitrogen and oxygen atoms in total. The van der Waals surface area contributed by atoms with Gasteiger partial charge in [0.05, 0.1) is 20.9 Å². The van der Waals surface area contributed by atoms with E-state index in [-0.39, 0.29) is 5.91 Å². The number of aromatic nitrogens is 3. The number of hydrogen-bond acceptors (Lipinski definition) is 4. The molecule has 27 heavy (non-hydrogen) atoms. The van der Waals surface area contributed by atoms with E-state index in [1.807, 2.05) is 49.4 Å². The molecule has 0 aliphatic carbocycles. The molecular formula is C20H17ClN4OS. The minimum absolute atomic E-state index is 0.120. The van der Waals surface area contributed by atoms with Crippen molar-refractivity contribution in [3.05, 3.63) is 64.3 Å². The molecule has 0 aliphatic rings. The highest BCUT2D eigenvalue weighted by atomic mass is 35.5. The number of fused-ring (bicyclic) bond motifs is 1. The van der Waals surface area contributed by atoms with E-state index in [0.29, 0.717) is 10.7 Å². The Hall–Kier alpha value is -2.70. The van der Waals surface area contributed by atoms with Crippen LogP contribution in [0.4, 0.5) is 5.69 Å². The van der Waals surface area contributed by atoms with Gasteiger partial charge in [0.2, 0.25) is 0 Å². The lowest BCUT2D eigenvalue weighted by molar-refractivity contribution is 0.0984. The fraction of sp³-hybridized carbons (Fsp3) is 0.150. The zero-order chi connectivity index (χ0) is 19.1. The summed E-state index contributed by atoms with van der Waals surface area (Å²) in [5.74, 6) is -0.120. The van der Waals surface area contributed by atoms with Gasteiger partial charge in [0, 0.05) is 30.4 Å². The van der Waals surface area contributed by atoms with Gasteiger partial charge < -0.3 is 4.90 Å². The van der Waals surface area contributed by atoms with Crippen LogP contribution in [0.15, 0.2) is 48.5 Å². The van der Waals surface area contributed by atoms with Crippen molar-refractivity contribution in [2.75, 3.05) is 11.9 Å². The van der Waals surface area contributed by atoms with Gasteiger partial charge in [-0.3, -0.25) is 9.48 Å². The highest BCUT2D eigenvalue weighted by Crippen LogP contribution is 2.28. The third-order valence-electron chi connectivity index (χ3n) is 4.41. The van der Waals surface area contributed by atoms with Gasteiger partial charge in [-0.2, -0.15) is 5.10 Å². The van der Waals surface area contributed by atoms with Gasteiger partial charge in [0.1, 0.15) is 5.69 Å².